The molecule has 23 heavy (non-hydrogen) atoms. The second-order valence-corrected chi connectivity index (χ2v) is 6.22. The lowest BCUT2D eigenvalue weighted by atomic mass is 10.2. The van der Waals surface area contributed by atoms with Crippen molar-refractivity contribution in [1.29, 1.82) is 0 Å². The highest BCUT2D eigenvalue weighted by atomic mass is 32.1. The van der Waals surface area contributed by atoms with Crippen LogP contribution in [0.15, 0.2) is 34.4 Å². The van der Waals surface area contributed by atoms with E-state index in [4.69, 9.17) is 0 Å². The predicted molar refractivity (Wildman–Crippen MR) is 93.8 cm³/mol. The normalized spacial score (nSPS) is 11.9. The third-order valence-electron chi connectivity index (χ3n) is 3.78. The maximum atomic E-state index is 12.2. The summed E-state index contributed by atoms with van der Waals surface area (Å²) < 4.78 is 2.09. The number of thiazole rings is 1. The molecule has 1 aromatic carbocycles. The molecular formula is C17H14N4OS. The van der Waals surface area contributed by atoms with E-state index < -0.39 is 0 Å². The molecule has 0 spiro atoms. The van der Waals surface area contributed by atoms with Gasteiger partial charge in [0.25, 0.3) is 5.56 Å². The molecule has 0 bridgehead atoms. The van der Waals surface area contributed by atoms with Gasteiger partial charge in [-0.2, -0.15) is 0 Å². The first-order valence-electron chi connectivity index (χ1n) is 7.24. The molecule has 0 unspecified atom stereocenters. The second-order valence-electron chi connectivity index (χ2n) is 5.38. The summed E-state index contributed by atoms with van der Waals surface area (Å²) in [5.74, 6) is 0. The van der Waals surface area contributed by atoms with Gasteiger partial charge in [0.1, 0.15) is 5.69 Å². The van der Waals surface area contributed by atoms with Crippen LogP contribution in [0.25, 0.3) is 28.1 Å². The average Bonchev–Trinajstić information content (AvgIpc) is 3.04. The molecule has 0 fully saturated rings. The van der Waals surface area contributed by atoms with Crippen molar-refractivity contribution in [1.82, 2.24) is 19.4 Å². The monoisotopic (exact) mass is 322 g/mol. The van der Waals surface area contributed by atoms with E-state index in [1.807, 2.05) is 44.2 Å². The van der Waals surface area contributed by atoms with Gasteiger partial charge in [-0.05, 0) is 38.1 Å². The summed E-state index contributed by atoms with van der Waals surface area (Å²) in [6.45, 7) is 4.01. The molecule has 0 saturated carbocycles. The fourth-order valence-corrected chi connectivity index (χ4v) is 3.55. The Bertz CT molecular complexity index is 1120. The number of nitrogens with zero attached hydrogens (tertiary/aromatic N) is 3. The van der Waals surface area contributed by atoms with Gasteiger partial charge in [0.05, 0.1) is 22.4 Å². The van der Waals surface area contributed by atoms with E-state index in [2.05, 4.69) is 24.7 Å². The fourth-order valence-electron chi connectivity index (χ4n) is 2.64. The Balaban J connectivity index is 1.84. The quantitative estimate of drug-likeness (QED) is 0.615. The van der Waals surface area contributed by atoms with Crippen LogP contribution in [-0.2, 0) is 0 Å². The molecule has 0 aliphatic carbocycles. The van der Waals surface area contributed by atoms with Crippen LogP contribution >= 0.6 is 11.3 Å². The molecule has 4 aromatic rings. The van der Waals surface area contributed by atoms with Gasteiger partial charge in [-0.25, -0.2) is 9.97 Å². The van der Waals surface area contributed by atoms with Crippen LogP contribution in [-0.4, -0.2) is 19.4 Å². The first-order chi connectivity index (χ1) is 11.1. The maximum Gasteiger partial charge on any atom is 0.274 e. The zero-order valence-corrected chi connectivity index (χ0v) is 13.5. The van der Waals surface area contributed by atoms with Crippen LogP contribution in [0.1, 0.15) is 22.8 Å². The molecule has 6 heteroatoms. The van der Waals surface area contributed by atoms with Crippen LogP contribution in [0.4, 0.5) is 0 Å². The van der Waals surface area contributed by atoms with Crippen molar-refractivity contribution in [3.8, 4) is 0 Å². The summed E-state index contributed by atoms with van der Waals surface area (Å²) in [5, 5.41) is 2.07. The van der Waals surface area contributed by atoms with Crippen LogP contribution < -0.4 is 5.56 Å². The molecule has 4 rings (SSSR count). The fraction of sp³-hybridized carbons (Fsp3) is 0.118. The number of hydrogen-bond donors (Lipinski definition) is 1. The number of para-hydroxylation sites is 2. The van der Waals surface area contributed by atoms with Crippen LogP contribution in [0.5, 0.6) is 0 Å². The number of benzene rings is 1. The summed E-state index contributed by atoms with van der Waals surface area (Å²) in [4.78, 5) is 25.0. The molecule has 0 aliphatic rings. The molecule has 1 N–H and O–H groups in total. The number of hydrogen-bond acceptors (Lipinski definition) is 4. The van der Waals surface area contributed by atoms with E-state index in [1.165, 1.54) is 0 Å². The predicted octanol–water partition coefficient (Wildman–Crippen LogP) is 3.42. The lowest BCUT2D eigenvalue weighted by Gasteiger charge is -1.99. The Hall–Kier alpha value is -2.73. The smallest absolute Gasteiger partial charge is 0.274 e. The van der Waals surface area contributed by atoms with Crippen molar-refractivity contribution in [2.24, 2.45) is 0 Å². The number of nitrogens with one attached hydrogen (secondary N) is 1. The minimum atomic E-state index is -0.194. The summed E-state index contributed by atoms with van der Waals surface area (Å²) >= 11 is 1.61. The van der Waals surface area contributed by atoms with Crippen molar-refractivity contribution in [3.05, 3.63) is 62.8 Å². The number of fused-ring (bicyclic) bond motifs is 2. The van der Waals surface area contributed by atoms with Gasteiger partial charge in [-0.1, -0.05) is 12.1 Å². The largest absolute Gasteiger partial charge is 0.319 e. The first kappa shape index (κ1) is 13.9. The van der Waals surface area contributed by atoms with Gasteiger partial charge < -0.3 is 4.98 Å². The minimum Gasteiger partial charge on any atom is -0.319 e. The number of aromatic nitrogens is 4. The highest BCUT2D eigenvalue weighted by Gasteiger charge is 2.10. The zero-order chi connectivity index (χ0) is 16.0. The minimum absolute atomic E-state index is 0.194. The van der Waals surface area contributed by atoms with E-state index in [-0.39, 0.29) is 5.56 Å². The molecule has 3 aromatic heterocycles. The van der Waals surface area contributed by atoms with E-state index in [9.17, 15) is 4.79 Å². The van der Waals surface area contributed by atoms with Crippen LogP contribution in [0.3, 0.4) is 0 Å². The van der Waals surface area contributed by atoms with E-state index >= 15 is 0 Å². The lowest BCUT2D eigenvalue weighted by molar-refractivity contribution is 1.11. The number of imidazole rings is 1. The first-order valence-corrected chi connectivity index (χ1v) is 8.12. The molecule has 0 atom stereocenters. The topological polar surface area (TPSA) is 63.1 Å². The molecule has 0 amide bonds. The Morgan fingerprint density at radius 3 is 2.87 bits per heavy atom. The van der Waals surface area contributed by atoms with E-state index in [1.54, 1.807) is 17.4 Å². The van der Waals surface area contributed by atoms with Crippen LogP contribution in [0.2, 0.25) is 0 Å². The van der Waals surface area contributed by atoms with Gasteiger partial charge in [-0.3, -0.25) is 9.20 Å². The van der Waals surface area contributed by atoms with Gasteiger partial charge in [0, 0.05) is 11.1 Å². The average molecular weight is 322 g/mol. The Labute approximate surface area is 136 Å². The molecule has 0 aliphatic heterocycles. The number of H-pyrrole nitrogens is 1. The molecule has 114 valence electrons. The SMILES string of the molecule is Cc1nc2scc(C)n2c1C=Cc1nc2ccccc2[nH]c1=O. The van der Waals surface area contributed by atoms with E-state index in [0.29, 0.717) is 5.69 Å². The van der Waals surface area contributed by atoms with Crippen molar-refractivity contribution < 1.29 is 0 Å². The number of rotatable bonds is 2. The highest BCUT2D eigenvalue weighted by Crippen LogP contribution is 2.21. The third-order valence-corrected chi connectivity index (χ3v) is 4.72. The van der Waals surface area contributed by atoms with Gasteiger partial charge in [0.15, 0.2) is 4.96 Å². The molecule has 3 heterocycles. The van der Waals surface area contributed by atoms with Gasteiger partial charge in [0.2, 0.25) is 0 Å². The van der Waals surface area contributed by atoms with Crippen molar-refractivity contribution >= 4 is 39.5 Å². The second kappa shape index (κ2) is 5.17. The molecule has 5 nitrogen and oxygen atoms in total. The summed E-state index contributed by atoms with van der Waals surface area (Å²) in [6.07, 6.45) is 3.65. The van der Waals surface area contributed by atoms with E-state index in [0.717, 1.165) is 33.1 Å². The zero-order valence-electron chi connectivity index (χ0n) is 12.7. The maximum absolute atomic E-state index is 12.2. The summed E-state index contributed by atoms with van der Waals surface area (Å²) in [6, 6.07) is 7.51. The molecule has 0 radical (unpaired) electrons. The Morgan fingerprint density at radius 1 is 1.17 bits per heavy atom. The van der Waals surface area contributed by atoms with Gasteiger partial charge in [-0.15, -0.1) is 11.3 Å². The molecule has 0 saturated heterocycles. The Kier molecular flexibility index (Phi) is 3.12. The summed E-state index contributed by atoms with van der Waals surface area (Å²) in [7, 11) is 0. The van der Waals surface area contributed by atoms with Crippen molar-refractivity contribution in [3.63, 3.8) is 0 Å². The number of aryl methyl sites for hydroxylation is 2. The Morgan fingerprint density at radius 2 is 2.00 bits per heavy atom. The highest BCUT2D eigenvalue weighted by molar-refractivity contribution is 7.15. The van der Waals surface area contributed by atoms with Gasteiger partial charge >= 0.3 is 0 Å². The molecular weight excluding hydrogens is 308 g/mol. The standard InChI is InChI=1S/C17H14N4OS/c1-10-9-23-17-18-11(2)15(21(10)17)8-7-14-16(22)20-13-6-4-3-5-12(13)19-14/h3-9H,1-2H3,(H,20,22). The third kappa shape index (κ3) is 2.27. The van der Waals surface area contributed by atoms with Crippen molar-refractivity contribution in [2.45, 2.75) is 13.8 Å². The number of aromatic amines is 1. The lowest BCUT2D eigenvalue weighted by Crippen LogP contribution is -2.11. The van der Waals surface area contributed by atoms with Crippen LogP contribution in [0, 0.1) is 13.8 Å². The summed E-state index contributed by atoms with van der Waals surface area (Å²) in [5.41, 5.74) is 4.76. The van der Waals surface area contributed by atoms with Crippen molar-refractivity contribution in [2.75, 3.05) is 0 Å².